The van der Waals surface area contributed by atoms with Gasteiger partial charge in [-0.2, -0.15) is 0 Å². The molecule has 0 fully saturated rings. The highest BCUT2D eigenvalue weighted by Crippen LogP contribution is 2.16. The Bertz CT molecular complexity index is 108. The monoisotopic (exact) mass is 300 g/mol. The van der Waals surface area contributed by atoms with E-state index in [0.29, 0.717) is 3.74 Å². The molecular weight excluding hydrogens is 282 g/mol. The van der Waals surface area contributed by atoms with Crippen molar-refractivity contribution in [2.75, 3.05) is 27.7 Å². The molecule has 0 heterocycles. The zero-order valence-electron chi connectivity index (χ0n) is 8.32. The maximum Gasteiger partial charge on any atom is 0.0780 e. The first-order chi connectivity index (χ1) is 5.42. The van der Waals surface area contributed by atoms with E-state index in [9.17, 15) is 0 Å². The molecule has 0 bridgehead atoms. The lowest BCUT2D eigenvalue weighted by Crippen LogP contribution is -2.35. The smallest absolute Gasteiger partial charge is 0.0780 e. The molecule has 3 heteroatoms. The van der Waals surface area contributed by atoms with Crippen molar-refractivity contribution >= 4 is 31.9 Å². The minimum atomic E-state index is 0.508. The number of hydrogen-bond acceptors (Lipinski definition) is 0. The van der Waals surface area contributed by atoms with Gasteiger partial charge in [-0.25, -0.2) is 0 Å². The van der Waals surface area contributed by atoms with Crippen LogP contribution in [0.1, 0.15) is 25.7 Å². The first-order valence-corrected chi connectivity index (χ1v) is 6.33. The molecule has 0 rings (SSSR count). The number of unbranched alkanes of at least 4 members (excludes halogenated alkanes) is 2. The number of halogens is 2. The van der Waals surface area contributed by atoms with E-state index in [4.69, 9.17) is 0 Å². The molecule has 0 aromatic rings. The molecule has 0 spiro atoms. The predicted molar refractivity (Wildman–Crippen MR) is 63.0 cm³/mol. The molecule has 0 aliphatic rings. The Morgan fingerprint density at radius 1 is 1.00 bits per heavy atom. The highest BCUT2D eigenvalue weighted by molar-refractivity contribution is 9.24. The summed E-state index contributed by atoms with van der Waals surface area (Å²) in [6, 6.07) is 0. The van der Waals surface area contributed by atoms with Crippen molar-refractivity contribution < 1.29 is 4.48 Å². The summed E-state index contributed by atoms with van der Waals surface area (Å²) in [7, 11) is 6.74. The van der Waals surface area contributed by atoms with Crippen molar-refractivity contribution in [1.82, 2.24) is 0 Å². The Balaban J connectivity index is 3.12. The zero-order chi connectivity index (χ0) is 9.61. The van der Waals surface area contributed by atoms with E-state index in [1.54, 1.807) is 0 Å². The summed E-state index contributed by atoms with van der Waals surface area (Å²) < 4.78 is 1.60. The van der Waals surface area contributed by atoms with Crippen LogP contribution in [-0.2, 0) is 0 Å². The topological polar surface area (TPSA) is 0 Å². The number of hydrogen-bond donors (Lipinski definition) is 0. The molecular formula is C9H20Br2N+. The Hall–Kier alpha value is 0.920. The van der Waals surface area contributed by atoms with Gasteiger partial charge < -0.3 is 4.48 Å². The van der Waals surface area contributed by atoms with Gasteiger partial charge in [0.1, 0.15) is 0 Å². The van der Waals surface area contributed by atoms with Gasteiger partial charge in [-0.3, -0.25) is 0 Å². The molecule has 74 valence electrons. The molecule has 0 amide bonds. The quantitative estimate of drug-likeness (QED) is 0.401. The molecule has 0 aromatic carbocycles. The fourth-order valence-electron chi connectivity index (χ4n) is 1.06. The van der Waals surface area contributed by atoms with Crippen molar-refractivity contribution in [2.45, 2.75) is 29.4 Å². The highest BCUT2D eigenvalue weighted by atomic mass is 79.9. The second-order valence-electron chi connectivity index (χ2n) is 4.25. The van der Waals surface area contributed by atoms with Crippen LogP contribution in [-0.4, -0.2) is 35.9 Å². The molecule has 0 aliphatic heterocycles. The van der Waals surface area contributed by atoms with Gasteiger partial charge in [0.25, 0.3) is 0 Å². The van der Waals surface area contributed by atoms with Gasteiger partial charge in [0.2, 0.25) is 0 Å². The van der Waals surface area contributed by atoms with Gasteiger partial charge in [-0.05, 0) is 19.3 Å². The number of quaternary nitrogens is 1. The lowest BCUT2D eigenvalue weighted by Gasteiger charge is -2.23. The summed E-state index contributed by atoms with van der Waals surface area (Å²) >= 11 is 6.96. The largest absolute Gasteiger partial charge is 0.331 e. The van der Waals surface area contributed by atoms with Crippen LogP contribution >= 0.6 is 31.9 Å². The summed E-state index contributed by atoms with van der Waals surface area (Å²) in [5, 5.41) is 0. The molecule has 12 heavy (non-hydrogen) atoms. The molecule has 0 aliphatic carbocycles. The third-order valence-electron chi connectivity index (χ3n) is 1.75. The zero-order valence-corrected chi connectivity index (χ0v) is 11.5. The van der Waals surface area contributed by atoms with Crippen molar-refractivity contribution in [3.05, 3.63) is 0 Å². The predicted octanol–water partition coefficient (Wildman–Crippen LogP) is 3.37. The van der Waals surface area contributed by atoms with Gasteiger partial charge in [0.15, 0.2) is 0 Å². The summed E-state index contributed by atoms with van der Waals surface area (Å²) in [6.45, 7) is 1.29. The van der Waals surface area contributed by atoms with Crippen molar-refractivity contribution in [2.24, 2.45) is 0 Å². The molecule has 0 saturated heterocycles. The summed E-state index contributed by atoms with van der Waals surface area (Å²) in [5.41, 5.74) is 0. The van der Waals surface area contributed by atoms with Crippen LogP contribution in [0.4, 0.5) is 0 Å². The van der Waals surface area contributed by atoms with Gasteiger partial charge >= 0.3 is 0 Å². The fraction of sp³-hybridized carbons (Fsp3) is 1.00. The second-order valence-corrected chi connectivity index (χ2v) is 7.69. The van der Waals surface area contributed by atoms with E-state index in [0.717, 1.165) is 4.48 Å². The third kappa shape index (κ3) is 10.9. The van der Waals surface area contributed by atoms with E-state index in [1.165, 1.54) is 32.2 Å². The second kappa shape index (κ2) is 6.39. The number of nitrogens with zero attached hydrogens (tertiary/aromatic N) is 1. The molecule has 0 atom stereocenters. The standard InChI is InChI=1S/C9H20Br2N/c1-12(2,3)8-6-4-5-7-9(10)11/h9H,4-8H2,1-3H3/q+1. The van der Waals surface area contributed by atoms with E-state index < -0.39 is 0 Å². The number of rotatable bonds is 6. The lowest BCUT2D eigenvalue weighted by atomic mass is 10.2. The first-order valence-electron chi connectivity index (χ1n) is 4.50. The third-order valence-corrected chi connectivity index (χ3v) is 2.67. The minimum Gasteiger partial charge on any atom is -0.331 e. The average molecular weight is 302 g/mol. The molecule has 1 nitrogen and oxygen atoms in total. The minimum absolute atomic E-state index is 0.508. The lowest BCUT2D eigenvalue weighted by molar-refractivity contribution is -0.870. The first kappa shape index (κ1) is 12.9. The summed E-state index contributed by atoms with van der Waals surface area (Å²) in [6.07, 6.45) is 5.25. The van der Waals surface area contributed by atoms with Crippen LogP contribution in [0.15, 0.2) is 0 Å². The van der Waals surface area contributed by atoms with E-state index >= 15 is 0 Å². The Morgan fingerprint density at radius 2 is 1.58 bits per heavy atom. The highest BCUT2D eigenvalue weighted by Gasteiger charge is 2.05. The van der Waals surface area contributed by atoms with Gasteiger partial charge in [-0.15, -0.1) is 0 Å². The van der Waals surface area contributed by atoms with Crippen molar-refractivity contribution in [3.63, 3.8) is 0 Å². The fourth-order valence-corrected chi connectivity index (χ4v) is 1.71. The van der Waals surface area contributed by atoms with E-state index in [2.05, 4.69) is 53.0 Å². The van der Waals surface area contributed by atoms with Crippen LogP contribution in [0.2, 0.25) is 0 Å². The molecule has 0 radical (unpaired) electrons. The SMILES string of the molecule is C[N+](C)(C)CCCCCC(Br)Br. The Kier molecular flexibility index (Phi) is 6.87. The molecule has 0 saturated carbocycles. The average Bonchev–Trinajstić information content (AvgIpc) is 1.83. The Labute approximate surface area is 93.4 Å². The Morgan fingerprint density at radius 3 is 2.00 bits per heavy atom. The summed E-state index contributed by atoms with van der Waals surface area (Å²) in [5.74, 6) is 0. The maximum absolute atomic E-state index is 3.48. The van der Waals surface area contributed by atoms with Crippen LogP contribution in [0, 0.1) is 0 Å². The van der Waals surface area contributed by atoms with Crippen molar-refractivity contribution in [3.8, 4) is 0 Å². The van der Waals surface area contributed by atoms with Crippen LogP contribution in [0.5, 0.6) is 0 Å². The van der Waals surface area contributed by atoms with Crippen molar-refractivity contribution in [1.29, 1.82) is 0 Å². The molecule has 0 unspecified atom stereocenters. The van der Waals surface area contributed by atoms with Crippen LogP contribution in [0.25, 0.3) is 0 Å². The van der Waals surface area contributed by atoms with E-state index in [-0.39, 0.29) is 0 Å². The van der Waals surface area contributed by atoms with Crippen LogP contribution < -0.4 is 0 Å². The van der Waals surface area contributed by atoms with Gasteiger partial charge in [0, 0.05) is 0 Å². The van der Waals surface area contributed by atoms with Crippen LogP contribution in [0.3, 0.4) is 0 Å². The van der Waals surface area contributed by atoms with E-state index in [1.807, 2.05) is 0 Å². The maximum atomic E-state index is 3.48. The van der Waals surface area contributed by atoms with Gasteiger partial charge in [-0.1, -0.05) is 38.3 Å². The van der Waals surface area contributed by atoms with Gasteiger partial charge in [0.05, 0.1) is 31.4 Å². The normalized spacial score (nSPS) is 12.5. The molecule has 0 N–H and O–H groups in total. The molecule has 0 aromatic heterocycles. The summed E-state index contributed by atoms with van der Waals surface area (Å²) in [4.78, 5) is 0. The number of alkyl halides is 2.